The van der Waals surface area contributed by atoms with Crippen molar-refractivity contribution >= 4 is 11.9 Å². The van der Waals surface area contributed by atoms with Gasteiger partial charge < -0.3 is 10.4 Å². The Balaban J connectivity index is 4.28. The van der Waals surface area contributed by atoms with Gasteiger partial charge in [0.05, 0.1) is 0 Å². The number of aliphatic carboxylic acids is 1. The molecule has 15 heavy (non-hydrogen) atoms. The van der Waals surface area contributed by atoms with Gasteiger partial charge in [0.1, 0.15) is 6.04 Å². The summed E-state index contributed by atoms with van der Waals surface area (Å²) >= 11 is 0. The lowest BCUT2D eigenvalue weighted by Gasteiger charge is -2.20. The summed E-state index contributed by atoms with van der Waals surface area (Å²) < 4.78 is 0. The second-order valence-corrected chi connectivity index (χ2v) is 3.98. The molecule has 0 spiro atoms. The predicted molar refractivity (Wildman–Crippen MR) is 58.5 cm³/mol. The van der Waals surface area contributed by atoms with Gasteiger partial charge >= 0.3 is 5.97 Å². The summed E-state index contributed by atoms with van der Waals surface area (Å²) in [4.78, 5) is 22.4. The maximum Gasteiger partial charge on any atom is 0.326 e. The van der Waals surface area contributed by atoms with E-state index >= 15 is 0 Å². The van der Waals surface area contributed by atoms with E-state index in [4.69, 9.17) is 5.11 Å². The molecule has 4 heteroatoms. The van der Waals surface area contributed by atoms with E-state index in [1.54, 1.807) is 6.92 Å². The van der Waals surface area contributed by atoms with E-state index < -0.39 is 12.0 Å². The highest BCUT2D eigenvalue weighted by Crippen LogP contribution is 2.14. The molecule has 0 bridgehead atoms. The highest BCUT2D eigenvalue weighted by molar-refractivity contribution is 5.84. The molecule has 0 aliphatic rings. The van der Waals surface area contributed by atoms with E-state index in [0.29, 0.717) is 6.42 Å². The first-order valence-corrected chi connectivity index (χ1v) is 5.47. The highest BCUT2D eigenvalue weighted by atomic mass is 16.4. The van der Waals surface area contributed by atoms with E-state index in [1.165, 1.54) is 0 Å². The molecule has 4 nitrogen and oxygen atoms in total. The summed E-state index contributed by atoms with van der Waals surface area (Å²) in [6.07, 6.45) is 1.33. The number of carboxylic acids is 1. The second-order valence-electron chi connectivity index (χ2n) is 3.98. The lowest BCUT2D eigenvalue weighted by atomic mass is 9.92. The largest absolute Gasteiger partial charge is 0.480 e. The van der Waals surface area contributed by atoms with Crippen molar-refractivity contribution in [3.05, 3.63) is 0 Å². The van der Waals surface area contributed by atoms with Gasteiger partial charge in [-0.15, -0.1) is 0 Å². The molecule has 0 saturated carbocycles. The Hall–Kier alpha value is -1.06. The maximum absolute atomic E-state index is 11.6. The minimum atomic E-state index is -0.970. The number of carbonyl (C=O) groups is 2. The Morgan fingerprint density at radius 3 is 2.07 bits per heavy atom. The lowest BCUT2D eigenvalue weighted by molar-refractivity contribution is -0.142. The predicted octanol–water partition coefficient (Wildman–Crippen LogP) is 1.65. The van der Waals surface area contributed by atoms with E-state index in [2.05, 4.69) is 5.32 Å². The molecule has 1 amide bonds. The van der Waals surface area contributed by atoms with Gasteiger partial charge in [-0.1, -0.05) is 34.1 Å². The average molecular weight is 215 g/mol. The third-order valence-corrected chi connectivity index (χ3v) is 2.93. The van der Waals surface area contributed by atoms with Crippen LogP contribution in [0.15, 0.2) is 0 Å². The quantitative estimate of drug-likeness (QED) is 0.708. The number of rotatable bonds is 6. The topological polar surface area (TPSA) is 66.4 Å². The van der Waals surface area contributed by atoms with Crippen LogP contribution < -0.4 is 5.32 Å². The molecule has 0 rings (SSSR count). The summed E-state index contributed by atoms with van der Waals surface area (Å²) in [5.74, 6) is -1.000. The number of hydrogen-bond acceptors (Lipinski definition) is 2. The Kier molecular flexibility index (Phi) is 5.97. The van der Waals surface area contributed by atoms with Gasteiger partial charge in [-0.3, -0.25) is 4.79 Å². The van der Waals surface area contributed by atoms with Crippen LogP contribution in [0, 0.1) is 11.8 Å². The molecule has 0 aromatic heterocycles. The summed E-state index contributed by atoms with van der Waals surface area (Å²) in [6.45, 7) is 7.58. The number of nitrogens with one attached hydrogen (secondary N) is 1. The molecule has 3 unspecified atom stereocenters. The summed E-state index contributed by atoms with van der Waals surface area (Å²) in [6, 6.07) is -0.760. The molecule has 0 saturated heterocycles. The average Bonchev–Trinajstić information content (AvgIpc) is 2.22. The molecule has 88 valence electrons. The van der Waals surface area contributed by atoms with Crippen LogP contribution in [0.1, 0.15) is 40.5 Å². The van der Waals surface area contributed by atoms with Crippen LogP contribution in [0.5, 0.6) is 0 Å². The molecule has 0 aliphatic heterocycles. The van der Waals surface area contributed by atoms with Crippen molar-refractivity contribution in [2.75, 3.05) is 0 Å². The first-order chi connectivity index (χ1) is 6.93. The molecule has 0 heterocycles. The Morgan fingerprint density at radius 2 is 1.73 bits per heavy atom. The van der Waals surface area contributed by atoms with Crippen LogP contribution in [0.3, 0.4) is 0 Å². The highest BCUT2D eigenvalue weighted by Gasteiger charge is 2.23. The fraction of sp³-hybridized carbons (Fsp3) is 0.818. The molecule has 0 aliphatic carbocycles. The zero-order valence-corrected chi connectivity index (χ0v) is 9.91. The number of carboxylic acid groups (broad SMARTS) is 1. The van der Waals surface area contributed by atoms with Crippen LogP contribution in [0.2, 0.25) is 0 Å². The first kappa shape index (κ1) is 13.9. The molecule has 2 N–H and O–H groups in total. The second kappa shape index (κ2) is 6.43. The third kappa shape index (κ3) is 4.32. The molecule has 0 aromatic rings. The molecule has 0 fully saturated rings. The third-order valence-electron chi connectivity index (χ3n) is 2.93. The monoisotopic (exact) mass is 215 g/mol. The zero-order chi connectivity index (χ0) is 12.0. The number of hydrogen-bond donors (Lipinski definition) is 2. The van der Waals surface area contributed by atoms with E-state index in [9.17, 15) is 9.59 Å². The van der Waals surface area contributed by atoms with Gasteiger partial charge in [-0.25, -0.2) is 4.79 Å². The standard InChI is InChI=1S/C11H21NO3/c1-5-7(3)8(4)10(13)12-9(6-2)11(14)15/h7-9H,5-6H2,1-4H3,(H,12,13)(H,14,15). The Morgan fingerprint density at radius 1 is 1.20 bits per heavy atom. The van der Waals surface area contributed by atoms with Crippen molar-refractivity contribution in [3.63, 3.8) is 0 Å². The van der Waals surface area contributed by atoms with E-state index in [1.807, 2.05) is 20.8 Å². The molecular weight excluding hydrogens is 194 g/mol. The summed E-state index contributed by atoms with van der Waals surface area (Å²) in [7, 11) is 0. The Bertz CT molecular complexity index is 228. The van der Waals surface area contributed by atoms with Gasteiger partial charge in [0.15, 0.2) is 0 Å². The fourth-order valence-electron chi connectivity index (χ4n) is 1.25. The normalized spacial score (nSPS) is 16.5. The summed E-state index contributed by atoms with van der Waals surface area (Å²) in [5, 5.41) is 11.3. The van der Waals surface area contributed by atoms with Gasteiger partial charge in [0.25, 0.3) is 0 Å². The van der Waals surface area contributed by atoms with Gasteiger partial charge in [0, 0.05) is 5.92 Å². The Labute approximate surface area is 91.1 Å². The van der Waals surface area contributed by atoms with Crippen molar-refractivity contribution in [2.45, 2.75) is 46.6 Å². The summed E-state index contributed by atoms with van der Waals surface area (Å²) in [5.41, 5.74) is 0. The van der Waals surface area contributed by atoms with Gasteiger partial charge in [0.2, 0.25) is 5.91 Å². The van der Waals surface area contributed by atoms with Crippen molar-refractivity contribution in [1.29, 1.82) is 0 Å². The van der Waals surface area contributed by atoms with Crippen LogP contribution >= 0.6 is 0 Å². The van der Waals surface area contributed by atoms with Gasteiger partial charge in [-0.2, -0.15) is 0 Å². The maximum atomic E-state index is 11.6. The SMILES string of the molecule is CCC(NC(=O)C(C)C(C)CC)C(=O)O. The number of carbonyl (C=O) groups excluding carboxylic acids is 1. The van der Waals surface area contributed by atoms with Crippen molar-refractivity contribution in [2.24, 2.45) is 11.8 Å². The zero-order valence-electron chi connectivity index (χ0n) is 9.91. The molecule has 0 aromatic carbocycles. The van der Waals surface area contributed by atoms with Crippen LogP contribution in [-0.2, 0) is 9.59 Å². The molecule has 0 radical (unpaired) electrons. The van der Waals surface area contributed by atoms with Crippen molar-refractivity contribution < 1.29 is 14.7 Å². The van der Waals surface area contributed by atoms with Gasteiger partial charge in [-0.05, 0) is 12.3 Å². The van der Waals surface area contributed by atoms with Crippen LogP contribution in [0.4, 0.5) is 0 Å². The number of amides is 1. The minimum Gasteiger partial charge on any atom is -0.480 e. The fourth-order valence-corrected chi connectivity index (χ4v) is 1.25. The van der Waals surface area contributed by atoms with E-state index in [-0.39, 0.29) is 17.7 Å². The van der Waals surface area contributed by atoms with Crippen molar-refractivity contribution in [3.8, 4) is 0 Å². The van der Waals surface area contributed by atoms with Crippen molar-refractivity contribution in [1.82, 2.24) is 5.32 Å². The van der Waals surface area contributed by atoms with Crippen LogP contribution in [-0.4, -0.2) is 23.0 Å². The lowest BCUT2D eigenvalue weighted by Crippen LogP contribution is -2.43. The van der Waals surface area contributed by atoms with Crippen LogP contribution in [0.25, 0.3) is 0 Å². The molecular formula is C11H21NO3. The first-order valence-electron chi connectivity index (χ1n) is 5.47. The van der Waals surface area contributed by atoms with E-state index in [0.717, 1.165) is 6.42 Å². The smallest absolute Gasteiger partial charge is 0.326 e. The minimum absolute atomic E-state index is 0.136. The molecule has 3 atom stereocenters.